The minimum absolute atomic E-state index is 0.129. The Bertz CT molecular complexity index is 1050. The summed E-state index contributed by atoms with van der Waals surface area (Å²) in [6, 6.07) is 13.7. The van der Waals surface area contributed by atoms with Crippen molar-refractivity contribution in [1.82, 2.24) is 29.3 Å². The molecule has 0 radical (unpaired) electrons. The van der Waals surface area contributed by atoms with Crippen LogP contribution in [-0.2, 0) is 19.5 Å². The van der Waals surface area contributed by atoms with Crippen molar-refractivity contribution in [2.24, 2.45) is 0 Å². The van der Waals surface area contributed by atoms with Crippen LogP contribution in [0.2, 0.25) is 0 Å². The molecule has 0 fully saturated rings. The Morgan fingerprint density at radius 1 is 0.920 bits per heavy atom. The Kier molecular flexibility index (Phi) is 4.04. The predicted molar refractivity (Wildman–Crippen MR) is 93.1 cm³/mol. The van der Waals surface area contributed by atoms with Crippen LogP contribution in [0.25, 0.3) is 11.0 Å². The monoisotopic (exact) mass is 332 g/mol. The van der Waals surface area contributed by atoms with Crippen LogP contribution in [-0.4, -0.2) is 29.3 Å². The summed E-state index contributed by atoms with van der Waals surface area (Å²) in [5, 5.41) is 8.64. The lowest BCUT2D eigenvalue weighted by atomic mass is 10.1. The highest BCUT2D eigenvalue weighted by Crippen LogP contribution is 2.06. The first-order valence-corrected chi connectivity index (χ1v) is 8.02. The van der Waals surface area contributed by atoms with Crippen LogP contribution in [0.1, 0.15) is 11.4 Å². The van der Waals surface area contributed by atoms with Crippen LogP contribution in [0.5, 0.6) is 0 Å². The minimum atomic E-state index is -0.129. The SMILES string of the molecule is O=c1c2cccnc2ncn1Cc1nncn1CCc1ccccc1. The van der Waals surface area contributed by atoms with E-state index in [9.17, 15) is 4.79 Å². The highest BCUT2D eigenvalue weighted by Gasteiger charge is 2.09. The molecule has 4 aromatic rings. The van der Waals surface area contributed by atoms with Crippen molar-refractivity contribution in [2.45, 2.75) is 19.5 Å². The number of hydrogen-bond donors (Lipinski definition) is 0. The van der Waals surface area contributed by atoms with Gasteiger partial charge >= 0.3 is 0 Å². The maximum atomic E-state index is 12.6. The van der Waals surface area contributed by atoms with Gasteiger partial charge in [0, 0.05) is 12.7 Å². The molecule has 0 unspecified atom stereocenters. The van der Waals surface area contributed by atoms with Gasteiger partial charge in [-0.25, -0.2) is 9.97 Å². The van der Waals surface area contributed by atoms with Gasteiger partial charge in [0.1, 0.15) is 12.7 Å². The number of aromatic nitrogens is 6. The van der Waals surface area contributed by atoms with E-state index in [2.05, 4.69) is 32.3 Å². The lowest BCUT2D eigenvalue weighted by Crippen LogP contribution is -2.23. The van der Waals surface area contributed by atoms with Gasteiger partial charge in [0.05, 0.1) is 11.9 Å². The molecule has 7 nitrogen and oxygen atoms in total. The van der Waals surface area contributed by atoms with Gasteiger partial charge in [0.25, 0.3) is 5.56 Å². The second-order valence-corrected chi connectivity index (χ2v) is 5.73. The molecule has 25 heavy (non-hydrogen) atoms. The fourth-order valence-electron chi connectivity index (χ4n) is 2.75. The second-order valence-electron chi connectivity index (χ2n) is 5.73. The average molecular weight is 332 g/mol. The van der Waals surface area contributed by atoms with Crippen LogP contribution >= 0.6 is 0 Å². The molecule has 0 bridgehead atoms. The van der Waals surface area contributed by atoms with Gasteiger partial charge in [-0.05, 0) is 24.1 Å². The van der Waals surface area contributed by atoms with Crippen LogP contribution < -0.4 is 5.56 Å². The largest absolute Gasteiger partial charge is 0.316 e. The Hall–Kier alpha value is -3.35. The molecule has 0 aliphatic rings. The molecule has 0 atom stereocenters. The van der Waals surface area contributed by atoms with Gasteiger partial charge in [0.15, 0.2) is 11.5 Å². The lowest BCUT2D eigenvalue weighted by molar-refractivity contribution is 0.610. The van der Waals surface area contributed by atoms with E-state index >= 15 is 0 Å². The molecule has 124 valence electrons. The topological polar surface area (TPSA) is 78.5 Å². The van der Waals surface area contributed by atoms with Crippen molar-refractivity contribution in [3.8, 4) is 0 Å². The van der Waals surface area contributed by atoms with Crippen molar-refractivity contribution >= 4 is 11.0 Å². The van der Waals surface area contributed by atoms with Gasteiger partial charge in [-0.3, -0.25) is 9.36 Å². The molecule has 4 rings (SSSR count). The Morgan fingerprint density at radius 2 is 1.80 bits per heavy atom. The number of pyridine rings is 1. The molecule has 0 spiro atoms. The molecule has 3 heterocycles. The maximum absolute atomic E-state index is 12.6. The summed E-state index contributed by atoms with van der Waals surface area (Å²) in [7, 11) is 0. The first-order valence-electron chi connectivity index (χ1n) is 8.02. The number of fused-ring (bicyclic) bond motifs is 1. The first-order chi connectivity index (χ1) is 12.3. The predicted octanol–water partition coefficient (Wildman–Crippen LogP) is 1.67. The summed E-state index contributed by atoms with van der Waals surface area (Å²) in [5.41, 5.74) is 1.57. The van der Waals surface area contributed by atoms with E-state index in [0.29, 0.717) is 17.6 Å². The zero-order chi connectivity index (χ0) is 17.1. The van der Waals surface area contributed by atoms with E-state index in [1.807, 2.05) is 22.8 Å². The number of hydrogen-bond acceptors (Lipinski definition) is 5. The van der Waals surface area contributed by atoms with Crippen molar-refractivity contribution in [1.29, 1.82) is 0 Å². The van der Waals surface area contributed by atoms with Crippen LogP contribution in [0.3, 0.4) is 0 Å². The summed E-state index contributed by atoms with van der Waals surface area (Å²) in [6.45, 7) is 1.08. The molecule has 0 N–H and O–H groups in total. The van der Waals surface area contributed by atoms with E-state index in [4.69, 9.17) is 0 Å². The highest BCUT2D eigenvalue weighted by atomic mass is 16.1. The van der Waals surface area contributed by atoms with Crippen LogP contribution in [0, 0.1) is 0 Å². The molecule has 0 amide bonds. The quantitative estimate of drug-likeness (QED) is 0.555. The van der Waals surface area contributed by atoms with Gasteiger partial charge in [-0.2, -0.15) is 0 Å². The summed E-state index contributed by atoms with van der Waals surface area (Å²) >= 11 is 0. The minimum Gasteiger partial charge on any atom is -0.316 e. The maximum Gasteiger partial charge on any atom is 0.263 e. The summed E-state index contributed by atoms with van der Waals surface area (Å²) < 4.78 is 3.50. The number of benzene rings is 1. The Labute approximate surface area is 143 Å². The van der Waals surface area contributed by atoms with Gasteiger partial charge in [-0.15, -0.1) is 10.2 Å². The zero-order valence-electron chi connectivity index (χ0n) is 13.5. The third-order valence-electron chi connectivity index (χ3n) is 4.09. The molecule has 3 aromatic heterocycles. The number of nitrogens with zero attached hydrogens (tertiary/aromatic N) is 6. The van der Waals surface area contributed by atoms with Gasteiger partial charge < -0.3 is 4.57 Å². The molecule has 0 saturated carbocycles. The third kappa shape index (κ3) is 3.16. The number of rotatable bonds is 5. The van der Waals surface area contributed by atoms with E-state index in [-0.39, 0.29) is 5.56 Å². The van der Waals surface area contributed by atoms with Gasteiger partial charge in [-0.1, -0.05) is 30.3 Å². The molecule has 7 heteroatoms. The van der Waals surface area contributed by atoms with Crippen LogP contribution in [0.4, 0.5) is 0 Å². The third-order valence-corrected chi connectivity index (χ3v) is 4.09. The van der Waals surface area contributed by atoms with E-state index in [0.717, 1.165) is 18.8 Å². The fourth-order valence-corrected chi connectivity index (χ4v) is 2.75. The summed E-state index contributed by atoms with van der Waals surface area (Å²) in [4.78, 5) is 20.9. The molecular weight excluding hydrogens is 316 g/mol. The van der Waals surface area contributed by atoms with E-state index < -0.39 is 0 Å². The molecule has 0 aliphatic heterocycles. The average Bonchev–Trinajstić information content (AvgIpc) is 3.10. The van der Waals surface area contributed by atoms with Crippen molar-refractivity contribution in [3.05, 3.63) is 83.1 Å². The van der Waals surface area contributed by atoms with Crippen molar-refractivity contribution in [3.63, 3.8) is 0 Å². The van der Waals surface area contributed by atoms with E-state index in [1.54, 1.807) is 24.7 Å². The summed E-state index contributed by atoms with van der Waals surface area (Å²) in [6.07, 6.45) is 5.70. The smallest absolute Gasteiger partial charge is 0.263 e. The summed E-state index contributed by atoms with van der Waals surface area (Å²) in [5.74, 6) is 0.725. The zero-order valence-corrected chi connectivity index (χ0v) is 13.5. The first kappa shape index (κ1) is 15.2. The number of aryl methyl sites for hydroxylation is 2. The van der Waals surface area contributed by atoms with Crippen molar-refractivity contribution in [2.75, 3.05) is 0 Å². The van der Waals surface area contributed by atoms with Gasteiger partial charge in [0.2, 0.25) is 0 Å². The molecule has 0 aliphatic carbocycles. The normalized spacial score (nSPS) is 11.0. The van der Waals surface area contributed by atoms with E-state index in [1.165, 1.54) is 16.5 Å². The van der Waals surface area contributed by atoms with Crippen LogP contribution in [0.15, 0.2) is 66.1 Å². The fraction of sp³-hybridized carbons (Fsp3) is 0.167. The molecule has 0 saturated heterocycles. The molecule has 1 aromatic carbocycles. The Morgan fingerprint density at radius 3 is 2.68 bits per heavy atom. The van der Waals surface area contributed by atoms with Crippen molar-refractivity contribution < 1.29 is 0 Å². The Balaban J connectivity index is 1.57. The lowest BCUT2D eigenvalue weighted by Gasteiger charge is -2.09. The molecular formula is C18H16N6O. The second kappa shape index (κ2) is 6.64. The highest BCUT2D eigenvalue weighted by molar-refractivity contribution is 5.72. The standard InChI is InChI=1S/C18H16N6O/c25-18-15-7-4-9-19-17(15)20-12-24(18)11-16-22-21-13-23(16)10-8-14-5-2-1-3-6-14/h1-7,9,12-13H,8,10-11H2.